The molecule has 0 saturated heterocycles. The van der Waals surface area contributed by atoms with Crippen LogP contribution in [0.3, 0.4) is 0 Å². The number of nitrogens with one attached hydrogen (secondary N) is 1. The Kier molecular flexibility index (Phi) is 7.73. The second-order valence-corrected chi connectivity index (χ2v) is 5.96. The Labute approximate surface area is 152 Å². The zero-order valence-electron chi connectivity index (χ0n) is 14.1. The highest BCUT2D eigenvalue weighted by Crippen LogP contribution is 2.17. The first kappa shape index (κ1) is 19.2. The minimum Gasteiger partial charge on any atom is -0.492 e. The van der Waals surface area contributed by atoms with Crippen LogP contribution in [0.5, 0.6) is 5.75 Å². The lowest BCUT2D eigenvalue weighted by Gasteiger charge is -2.13. The summed E-state index contributed by atoms with van der Waals surface area (Å²) in [5, 5.41) is 13.8. The fourth-order valence-electron chi connectivity index (χ4n) is 2.25. The monoisotopic (exact) mass is 363 g/mol. The fourth-order valence-corrected chi connectivity index (χ4v) is 2.45. The van der Waals surface area contributed by atoms with Crippen molar-refractivity contribution in [2.75, 3.05) is 26.8 Å². The van der Waals surface area contributed by atoms with Gasteiger partial charge in [0.15, 0.2) is 0 Å². The van der Waals surface area contributed by atoms with Gasteiger partial charge in [-0.15, -0.1) is 0 Å². The van der Waals surface area contributed by atoms with E-state index >= 15 is 0 Å². The zero-order chi connectivity index (χ0) is 18.1. The Morgan fingerprint density at radius 1 is 1.24 bits per heavy atom. The Balaban J connectivity index is 1.66. The highest BCUT2D eigenvalue weighted by molar-refractivity contribution is 6.30. The molecule has 0 saturated carbocycles. The number of aliphatic hydroxyl groups excluding tert-OH is 1. The van der Waals surface area contributed by atoms with E-state index in [0.29, 0.717) is 24.7 Å². The van der Waals surface area contributed by atoms with Gasteiger partial charge in [0.1, 0.15) is 12.4 Å². The molecule has 0 aliphatic rings. The smallest absolute Gasteiger partial charge is 0.309 e. The standard InChI is InChI=1S/C19H22ClNO4/c1-24-19(23)11-14-5-7-17(8-6-14)25-10-9-21-13-18(22)15-3-2-4-16(20)12-15/h2-8,12,18,21-22H,9-11,13H2,1H3. The van der Waals surface area contributed by atoms with Crippen LogP contribution in [0.15, 0.2) is 48.5 Å². The van der Waals surface area contributed by atoms with Gasteiger partial charge in [0.2, 0.25) is 0 Å². The van der Waals surface area contributed by atoms with E-state index in [1.165, 1.54) is 7.11 Å². The molecule has 0 spiro atoms. The lowest BCUT2D eigenvalue weighted by molar-refractivity contribution is -0.139. The van der Waals surface area contributed by atoms with Crippen molar-refractivity contribution in [1.29, 1.82) is 0 Å². The lowest BCUT2D eigenvalue weighted by atomic mass is 10.1. The Morgan fingerprint density at radius 2 is 2.00 bits per heavy atom. The third-order valence-corrected chi connectivity index (χ3v) is 3.85. The molecule has 0 fully saturated rings. The maximum absolute atomic E-state index is 11.2. The predicted octanol–water partition coefficient (Wildman–Crippen LogP) is 2.76. The van der Waals surface area contributed by atoms with E-state index in [2.05, 4.69) is 10.1 Å². The molecule has 0 aromatic heterocycles. The lowest BCUT2D eigenvalue weighted by Crippen LogP contribution is -2.26. The molecule has 134 valence electrons. The normalized spacial score (nSPS) is 11.8. The van der Waals surface area contributed by atoms with Gasteiger partial charge in [0.25, 0.3) is 0 Å². The van der Waals surface area contributed by atoms with Gasteiger partial charge in [-0.2, -0.15) is 0 Å². The first-order chi connectivity index (χ1) is 12.1. The second-order valence-electron chi connectivity index (χ2n) is 5.52. The quantitative estimate of drug-likeness (QED) is 0.529. The number of esters is 1. The van der Waals surface area contributed by atoms with Gasteiger partial charge >= 0.3 is 5.97 Å². The Bertz CT molecular complexity index is 675. The van der Waals surface area contributed by atoms with Gasteiger partial charge in [0, 0.05) is 18.1 Å². The summed E-state index contributed by atoms with van der Waals surface area (Å²) < 4.78 is 10.2. The number of methoxy groups -OCH3 is 1. The summed E-state index contributed by atoms with van der Waals surface area (Å²) in [4.78, 5) is 11.2. The topological polar surface area (TPSA) is 67.8 Å². The highest BCUT2D eigenvalue weighted by atomic mass is 35.5. The van der Waals surface area contributed by atoms with Crippen LogP contribution in [0.1, 0.15) is 17.2 Å². The molecule has 1 unspecified atom stereocenters. The number of ether oxygens (including phenoxy) is 2. The average molecular weight is 364 g/mol. The number of hydrogen-bond acceptors (Lipinski definition) is 5. The van der Waals surface area contributed by atoms with E-state index in [1.807, 2.05) is 36.4 Å². The number of rotatable bonds is 9. The van der Waals surface area contributed by atoms with E-state index in [9.17, 15) is 9.90 Å². The number of carbonyl (C=O) groups excluding carboxylic acids is 1. The summed E-state index contributed by atoms with van der Waals surface area (Å²) in [7, 11) is 1.37. The zero-order valence-corrected chi connectivity index (χ0v) is 14.8. The van der Waals surface area contributed by atoms with Crippen LogP contribution in [-0.2, 0) is 16.0 Å². The van der Waals surface area contributed by atoms with E-state index in [4.69, 9.17) is 16.3 Å². The van der Waals surface area contributed by atoms with Crippen LogP contribution in [0, 0.1) is 0 Å². The van der Waals surface area contributed by atoms with Gasteiger partial charge in [-0.05, 0) is 35.4 Å². The van der Waals surface area contributed by atoms with Crippen molar-refractivity contribution >= 4 is 17.6 Å². The number of benzene rings is 2. The molecule has 0 amide bonds. The van der Waals surface area contributed by atoms with Crippen molar-refractivity contribution in [3.8, 4) is 5.75 Å². The molecule has 2 N–H and O–H groups in total. The molecule has 5 nitrogen and oxygen atoms in total. The van der Waals surface area contributed by atoms with Crippen molar-refractivity contribution < 1.29 is 19.4 Å². The van der Waals surface area contributed by atoms with E-state index in [1.54, 1.807) is 12.1 Å². The number of hydrogen-bond donors (Lipinski definition) is 2. The van der Waals surface area contributed by atoms with Gasteiger partial charge in [0.05, 0.1) is 19.6 Å². The summed E-state index contributed by atoms with van der Waals surface area (Å²) >= 11 is 5.91. The summed E-state index contributed by atoms with van der Waals surface area (Å²) in [5.74, 6) is 0.460. The van der Waals surface area contributed by atoms with Crippen LogP contribution in [0.2, 0.25) is 5.02 Å². The molecule has 0 radical (unpaired) electrons. The van der Waals surface area contributed by atoms with Crippen molar-refractivity contribution in [2.24, 2.45) is 0 Å². The second kappa shape index (κ2) is 10.0. The summed E-state index contributed by atoms with van der Waals surface area (Å²) in [5.41, 5.74) is 1.66. The number of aliphatic hydroxyl groups is 1. The van der Waals surface area contributed by atoms with Crippen LogP contribution in [-0.4, -0.2) is 37.9 Å². The molecule has 6 heteroatoms. The van der Waals surface area contributed by atoms with Crippen molar-refractivity contribution in [3.63, 3.8) is 0 Å². The van der Waals surface area contributed by atoms with Crippen molar-refractivity contribution in [2.45, 2.75) is 12.5 Å². The van der Waals surface area contributed by atoms with Gasteiger partial charge in [-0.25, -0.2) is 0 Å². The maximum Gasteiger partial charge on any atom is 0.309 e. The molecular weight excluding hydrogens is 342 g/mol. The van der Waals surface area contributed by atoms with Gasteiger partial charge < -0.3 is 19.9 Å². The van der Waals surface area contributed by atoms with E-state index < -0.39 is 6.10 Å². The predicted molar refractivity (Wildman–Crippen MR) is 96.9 cm³/mol. The van der Waals surface area contributed by atoms with E-state index in [0.717, 1.165) is 16.9 Å². The fraction of sp³-hybridized carbons (Fsp3) is 0.316. The number of carbonyl (C=O) groups is 1. The first-order valence-corrected chi connectivity index (χ1v) is 8.39. The largest absolute Gasteiger partial charge is 0.492 e. The van der Waals surface area contributed by atoms with Crippen LogP contribution in [0.4, 0.5) is 0 Å². The third kappa shape index (κ3) is 6.74. The van der Waals surface area contributed by atoms with Gasteiger partial charge in [-0.3, -0.25) is 4.79 Å². The Morgan fingerprint density at radius 3 is 2.68 bits per heavy atom. The van der Waals surface area contributed by atoms with Gasteiger partial charge in [-0.1, -0.05) is 35.9 Å². The average Bonchev–Trinajstić information content (AvgIpc) is 2.62. The molecular formula is C19H22ClNO4. The molecule has 0 heterocycles. The van der Waals surface area contributed by atoms with Crippen LogP contribution in [0.25, 0.3) is 0 Å². The maximum atomic E-state index is 11.2. The minimum atomic E-state index is -0.615. The molecule has 25 heavy (non-hydrogen) atoms. The van der Waals surface area contributed by atoms with Crippen molar-refractivity contribution in [3.05, 3.63) is 64.7 Å². The highest BCUT2D eigenvalue weighted by Gasteiger charge is 2.07. The minimum absolute atomic E-state index is 0.250. The molecule has 2 aromatic rings. The summed E-state index contributed by atoms with van der Waals surface area (Å²) in [6.07, 6.45) is -0.365. The van der Waals surface area contributed by atoms with Crippen LogP contribution >= 0.6 is 11.6 Å². The summed E-state index contributed by atoms with van der Waals surface area (Å²) in [6.45, 7) is 1.49. The molecule has 0 aliphatic carbocycles. The van der Waals surface area contributed by atoms with Crippen molar-refractivity contribution in [1.82, 2.24) is 5.32 Å². The third-order valence-electron chi connectivity index (χ3n) is 3.62. The molecule has 0 bridgehead atoms. The number of halogens is 1. The summed E-state index contributed by atoms with van der Waals surface area (Å²) in [6, 6.07) is 14.5. The SMILES string of the molecule is COC(=O)Cc1ccc(OCCNCC(O)c2cccc(Cl)c2)cc1. The van der Waals surface area contributed by atoms with Crippen LogP contribution < -0.4 is 10.1 Å². The Hall–Kier alpha value is -2.08. The molecule has 2 aromatic carbocycles. The molecule has 2 rings (SSSR count). The van der Waals surface area contributed by atoms with E-state index in [-0.39, 0.29) is 12.4 Å². The first-order valence-electron chi connectivity index (χ1n) is 8.01. The molecule has 0 aliphatic heterocycles. The molecule has 1 atom stereocenters.